The third-order valence-electron chi connectivity index (χ3n) is 2.25. The van der Waals surface area contributed by atoms with Crippen LogP contribution in [0.3, 0.4) is 0 Å². The lowest BCUT2D eigenvalue weighted by Gasteiger charge is -1.96. The molecule has 1 unspecified atom stereocenters. The van der Waals surface area contributed by atoms with Crippen LogP contribution in [0.4, 0.5) is 0 Å². The van der Waals surface area contributed by atoms with Gasteiger partial charge in [-0.1, -0.05) is 35.0 Å². The summed E-state index contributed by atoms with van der Waals surface area (Å²) in [4.78, 5) is 4.21. The van der Waals surface area contributed by atoms with Gasteiger partial charge in [0.15, 0.2) is 0 Å². The Hall–Kier alpha value is -1.68. The van der Waals surface area contributed by atoms with Crippen molar-refractivity contribution >= 4 is 0 Å². The van der Waals surface area contributed by atoms with Gasteiger partial charge in [-0.3, -0.25) is 0 Å². The third kappa shape index (κ3) is 2.46. The molecule has 0 radical (unpaired) electrons. The first-order valence-corrected chi connectivity index (χ1v) is 5.23. The lowest BCUT2D eigenvalue weighted by molar-refractivity contribution is 0.181. The van der Waals surface area contributed by atoms with E-state index in [2.05, 4.69) is 10.1 Å². The van der Waals surface area contributed by atoms with Crippen molar-refractivity contribution in [3.8, 4) is 11.4 Å². The number of aromatic nitrogens is 2. The van der Waals surface area contributed by atoms with Gasteiger partial charge in [-0.05, 0) is 13.8 Å². The zero-order chi connectivity index (χ0) is 11.5. The van der Waals surface area contributed by atoms with Crippen molar-refractivity contribution in [1.82, 2.24) is 10.1 Å². The second-order valence-electron chi connectivity index (χ2n) is 3.93. The predicted octanol–water partition coefficient (Wildman–Crippen LogP) is 1.97. The van der Waals surface area contributed by atoms with E-state index in [1.54, 1.807) is 6.92 Å². The molecule has 4 heteroatoms. The van der Waals surface area contributed by atoms with E-state index in [9.17, 15) is 5.11 Å². The Morgan fingerprint density at radius 1 is 1.31 bits per heavy atom. The fourth-order valence-electron chi connectivity index (χ4n) is 1.41. The van der Waals surface area contributed by atoms with Crippen LogP contribution < -0.4 is 0 Å². The third-order valence-corrected chi connectivity index (χ3v) is 2.25. The van der Waals surface area contributed by atoms with E-state index < -0.39 is 6.10 Å². The van der Waals surface area contributed by atoms with Gasteiger partial charge >= 0.3 is 0 Å². The van der Waals surface area contributed by atoms with Crippen molar-refractivity contribution in [2.45, 2.75) is 26.4 Å². The molecule has 0 saturated heterocycles. The molecule has 0 bridgehead atoms. The number of aliphatic hydroxyl groups is 1. The zero-order valence-corrected chi connectivity index (χ0v) is 9.34. The molecule has 0 aliphatic heterocycles. The fourth-order valence-corrected chi connectivity index (χ4v) is 1.41. The topological polar surface area (TPSA) is 59.2 Å². The average Bonchev–Trinajstić information content (AvgIpc) is 2.66. The van der Waals surface area contributed by atoms with Gasteiger partial charge in [0.2, 0.25) is 11.7 Å². The Kier molecular flexibility index (Phi) is 3.01. The molecule has 16 heavy (non-hydrogen) atoms. The first kappa shape index (κ1) is 10.8. The minimum atomic E-state index is -0.466. The van der Waals surface area contributed by atoms with Gasteiger partial charge in [-0.15, -0.1) is 0 Å². The Bertz CT molecular complexity index is 460. The van der Waals surface area contributed by atoms with Crippen LogP contribution in [0.25, 0.3) is 11.4 Å². The van der Waals surface area contributed by atoms with Crippen LogP contribution in [0.15, 0.2) is 28.8 Å². The highest BCUT2D eigenvalue weighted by Crippen LogP contribution is 2.16. The highest BCUT2D eigenvalue weighted by molar-refractivity contribution is 5.54. The minimum absolute atomic E-state index is 0.388. The predicted molar refractivity (Wildman–Crippen MR) is 59.9 cm³/mol. The Morgan fingerprint density at radius 3 is 2.62 bits per heavy atom. The number of rotatable bonds is 3. The SMILES string of the molecule is Cc1ccc(-c2noc(CC(C)O)n2)cc1. The summed E-state index contributed by atoms with van der Waals surface area (Å²) in [5.74, 6) is 1.03. The minimum Gasteiger partial charge on any atom is -0.393 e. The molecule has 0 aliphatic rings. The molecule has 4 nitrogen and oxygen atoms in total. The van der Waals surface area contributed by atoms with Crippen molar-refractivity contribution in [3.63, 3.8) is 0 Å². The van der Waals surface area contributed by atoms with E-state index in [0.29, 0.717) is 18.1 Å². The van der Waals surface area contributed by atoms with Gasteiger partial charge in [-0.25, -0.2) is 0 Å². The van der Waals surface area contributed by atoms with Crippen molar-refractivity contribution in [3.05, 3.63) is 35.7 Å². The maximum atomic E-state index is 9.19. The van der Waals surface area contributed by atoms with Crippen LogP contribution in [0.1, 0.15) is 18.4 Å². The molecule has 1 atom stereocenters. The van der Waals surface area contributed by atoms with Crippen molar-refractivity contribution in [2.75, 3.05) is 0 Å². The Morgan fingerprint density at radius 2 is 2.00 bits per heavy atom. The Balaban J connectivity index is 2.21. The molecule has 1 aromatic carbocycles. The molecule has 1 aromatic heterocycles. The van der Waals surface area contributed by atoms with Gasteiger partial charge < -0.3 is 9.63 Å². The van der Waals surface area contributed by atoms with Crippen molar-refractivity contribution in [2.24, 2.45) is 0 Å². The summed E-state index contributed by atoms with van der Waals surface area (Å²) in [6.07, 6.45) is -0.0786. The highest BCUT2D eigenvalue weighted by Gasteiger charge is 2.10. The largest absolute Gasteiger partial charge is 0.393 e. The van der Waals surface area contributed by atoms with Gasteiger partial charge in [0.1, 0.15) is 0 Å². The molecule has 0 aliphatic carbocycles. The number of aliphatic hydroxyl groups excluding tert-OH is 1. The average molecular weight is 218 g/mol. The van der Waals surface area contributed by atoms with Crippen molar-refractivity contribution < 1.29 is 9.63 Å². The standard InChI is InChI=1S/C12H14N2O2/c1-8-3-5-10(6-4-8)12-13-11(16-14-12)7-9(2)15/h3-6,9,15H,7H2,1-2H3. The molecule has 2 aromatic rings. The summed E-state index contributed by atoms with van der Waals surface area (Å²) in [6.45, 7) is 3.72. The van der Waals surface area contributed by atoms with Crippen LogP contribution >= 0.6 is 0 Å². The second kappa shape index (κ2) is 4.45. The van der Waals surface area contributed by atoms with E-state index in [0.717, 1.165) is 5.56 Å². The van der Waals surface area contributed by atoms with Crippen LogP contribution in [-0.2, 0) is 6.42 Å². The van der Waals surface area contributed by atoms with Gasteiger partial charge in [0.25, 0.3) is 0 Å². The van der Waals surface area contributed by atoms with E-state index in [-0.39, 0.29) is 0 Å². The second-order valence-corrected chi connectivity index (χ2v) is 3.93. The summed E-state index contributed by atoms with van der Waals surface area (Å²) in [7, 11) is 0. The summed E-state index contributed by atoms with van der Waals surface area (Å²) >= 11 is 0. The van der Waals surface area contributed by atoms with E-state index in [1.807, 2.05) is 31.2 Å². The zero-order valence-electron chi connectivity index (χ0n) is 9.34. The van der Waals surface area contributed by atoms with Crippen LogP contribution in [0.2, 0.25) is 0 Å². The van der Waals surface area contributed by atoms with E-state index in [1.165, 1.54) is 5.56 Å². The van der Waals surface area contributed by atoms with E-state index in [4.69, 9.17) is 4.52 Å². The van der Waals surface area contributed by atoms with Gasteiger partial charge in [0, 0.05) is 5.56 Å². The summed E-state index contributed by atoms with van der Waals surface area (Å²) in [5.41, 5.74) is 2.11. The lowest BCUT2D eigenvalue weighted by Crippen LogP contribution is -2.04. The molecule has 0 amide bonds. The number of hydrogen-bond acceptors (Lipinski definition) is 4. The molecule has 0 spiro atoms. The lowest BCUT2D eigenvalue weighted by atomic mass is 10.1. The summed E-state index contributed by atoms with van der Waals surface area (Å²) in [6, 6.07) is 7.90. The normalized spacial score (nSPS) is 12.7. The van der Waals surface area contributed by atoms with Gasteiger partial charge in [-0.2, -0.15) is 4.98 Å². The maximum absolute atomic E-state index is 9.19. The summed E-state index contributed by atoms with van der Waals surface area (Å²) < 4.78 is 5.04. The van der Waals surface area contributed by atoms with Gasteiger partial charge in [0.05, 0.1) is 12.5 Å². The monoisotopic (exact) mass is 218 g/mol. The number of nitrogens with zero attached hydrogens (tertiary/aromatic N) is 2. The molecule has 1 N–H and O–H groups in total. The van der Waals surface area contributed by atoms with E-state index >= 15 is 0 Å². The molecule has 0 fully saturated rings. The van der Waals surface area contributed by atoms with Crippen LogP contribution in [0, 0.1) is 6.92 Å². The first-order valence-electron chi connectivity index (χ1n) is 5.23. The van der Waals surface area contributed by atoms with Crippen molar-refractivity contribution in [1.29, 1.82) is 0 Å². The molecular formula is C12H14N2O2. The molecule has 2 rings (SSSR count). The number of aryl methyl sites for hydroxylation is 1. The maximum Gasteiger partial charge on any atom is 0.229 e. The smallest absolute Gasteiger partial charge is 0.229 e. The molecule has 0 saturated carbocycles. The number of hydrogen-bond donors (Lipinski definition) is 1. The Labute approximate surface area is 93.9 Å². The van der Waals surface area contributed by atoms with Crippen LogP contribution in [-0.4, -0.2) is 21.4 Å². The molecule has 84 valence electrons. The molecule has 1 heterocycles. The summed E-state index contributed by atoms with van der Waals surface area (Å²) in [5, 5.41) is 13.1. The fraction of sp³-hybridized carbons (Fsp3) is 0.333. The first-order chi connectivity index (χ1) is 7.65. The molecular weight excluding hydrogens is 204 g/mol. The number of benzene rings is 1. The highest BCUT2D eigenvalue weighted by atomic mass is 16.5. The van der Waals surface area contributed by atoms with Crippen LogP contribution in [0.5, 0.6) is 0 Å². The quantitative estimate of drug-likeness (QED) is 0.855.